The quantitative estimate of drug-likeness (QED) is 0.889. The van der Waals surface area contributed by atoms with Crippen molar-refractivity contribution in [3.05, 3.63) is 63.3 Å². The van der Waals surface area contributed by atoms with Crippen LogP contribution in [0.5, 0.6) is 0 Å². The Morgan fingerprint density at radius 2 is 2.00 bits per heavy atom. The van der Waals surface area contributed by atoms with Crippen molar-refractivity contribution >= 4 is 27.5 Å². The minimum Gasteiger partial charge on any atom is -0.319 e. The Bertz CT molecular complexity index is 528. The van der Waals surface area contributed by atoms with E-state index >= 15 is 0 Å². The minimum absolute atomic E-state index is 0.415. The molecule has 2 aromatic rings. The molecule has 2 rings (SSSR count). The second-order valence-electron chi connectivity index (χ2n) is 4.52. The van der Waals surface area contributed by atoms with E-state index < -0.39 is 0 Å². The maximum Gasteiger partial charge on any atom is 0.0410 e. The lowest BCUT2D eigenvalue weighted by atomic mass is 9.92. The van der Waals surface area contributed by atoms with E-state index in [2.05, 4.69) is 44.4 Å². The van der Waals surface area contributed by atoms with E-state index in [9.17, 15) is 0 Å². The molecule has 0 saturated heterocycles. The van der Waals surface area contributed by atoms with Gasteiger partial charge in [0, 0.05) is 34.4 Å². The number of nitrogens with one attached hydrogen (secondary N) is 1. The first-order valence-electron chi connectivity index (χ1n) is 6.18. The summed E-state index contributed by atoms with van der Waals surface area (Å²) < 4.78 is 1.02. The van der Waals surface area contributed by atoms with Crippen LogP contribution in [0.1, 0.15) is 17.0 Å². The number of aromatic nitrogens is 1. The maximum atomic E-state index is 5.94. The molecule has 0 radical (unpaired) electrons. The van der Waals surface area contributed by atoms with E-state index in [1.54, 1.807) is 6.20 Å². The van der Waals surface area contributed by atoms with Gasteiger partial charge in [-0.05, 0) is 58.7 Å². The molecule has 1 aromatic carbocycles. The van der Waals surface area contributed by atoms with Gasteiger partial charge in [0.05, 0.1) is 0 Å². The fraction of sp³-hybridized carbons (Fsp3) is 0.267. The molecule has 19 heavy (non-hydrogen) atoms. The number of hydrogen-bond acceptors (Lipinski definition) is 2. The van der Waals surface area contributed by atoms with Crippen LogP contribution in [-0.2, 0) is 6.42 Å². The molecule has 1 atom stereocenters. The lowest BCUT2D eigenvalue weighted by molar-refractivity contribution is 0.624. The van der Waals surface area contributed by atoms with Crippen molar-refractivity contribution in [2.75, 3.05) is 13.6 Å². The second-order valence-corrected chi connectivity index (χ2v) is 5.87. The van der Waals surface area contributed by atoms with Gasteiger partial charge >= 0.3 is 0 Å². The Morgan fingerprint density at radius 3 is 2.63 bits per heavy atom. The van der Waals surface area contributed by atoms with Crippen LogP contribution in [0.25, 0.3) is 0 Å². The smallest absolute Gasteiger partial charge is 0.0410 e. The zero-order valence-corrected chi connectivity index (χ0v) is 13.1. The van der Waals surface area contributed by atoms with Crippen LogP contribution < -0.4 is 5.32 Å². The Labute approximate surface area is 127 Å². The molecule has 0 aliphatic rings. The molecular formula is C15H16BrClN2. The van der Waals surface area contributed by atoms with Crippen molar-refractivity contribution in [3.63, 3.8) is 0 Å². The maximum absolute atomic E-state index is 5.94. The molecule has 2 nitrogen and oxygen atoms in total. The van der Waals surface area contributed by atoms with Crippen LogP contribution >= 0.6 is 27.5 Å². The number of nitrogens with zero attached hydrogens (tertiary/aromatic N) is 1. The Balaban J connectivity index is 2.18. The average Bonchev–Trinajstić information content (AvgIpc) is 2.39. The van der Waals surface area contributed by atoms with Crippen molar-refractivity contribution < 1.29 is 0 Å². The van der Waals surface area contributed by atoms with Gasteiger partial charge in [-0.2, -0.15) is 0 Å². The zero-order chi connectivity index (χ0) is 13.7. The SMILES string of the molecule is CNCC(Cc1cncc(Br)c1)c1ccc(Cl)cc1. The number of benzene rings is 1. The van der Waals surface area contributed by atoms with Crippen LogP contribution in [0.2, 0.25) is 5.02 Å². The Hall–Kier alpha value is -0.900. The van der Waals surface area contributed by atoms with E-state index in [-0.39, 0.29) is 0 Å². The Kier molecular flexibility index (Phi) is 5.37. The van der Waals surface area contributed by atoms with Gasteiger partial charge in [0.2, 0.25) is 0 Å². The highest BCUT2D eigenvalue weighted by molar-refractivity contribution is 9.10. The first kappa shape index (κ1) is 14.5. The third kappa shape index (κ3) is 4.30. The Morgan fingerprint density at radius 1 is 1.26 bits per heavy atom. The summed E-state index contributed by atoms with van der Waals surface area (Å²) in [6.07, 6.45) is 4.68. The van der Waals surface area contributed by atoms with Crippen LogP contribution in [0, 0.1) is 0 Å². The molecule has 0 bridgehead atoms. The van der Waals surface area contributed by atoms with Gasteiger partial charge in [-0.15, -0.1) is 0 Å². The summed E-state index contributed by atoms with van der Waals surface area (Å²) >= 11 is 9.40. The van der Waals surface area contributed by atoms with Gasteiger partial charge in [-0.25, -0.2) is 0 Å². The van der Waals surface area contributed by atoms with E-state index in [1.165, 1.54) is 11.1 Å². The van der Waals surface area contributed by atoms with Crippen molar-refractivity contribution in [3.8, 4) is 0 Å². The predicted molar refractivity (Wildman–Crippen MR) is 83.8 cm³/mol. The van der Waals surface area contributed by atoms with Gasteiger partial charge in [-0.1, -0.05) is 23.7 Å². The highest BCUT2D eigenvalue weighted by Gasteiger charge is 2.12. The number of rotatable bonds is 5. The average molecular weight is 340 g/mol. The summed E-state index contributed by atoms with van der Waals surface area (Å²) in [5.74, 6) is 0.415. The van der Waals surface area contributed by atoms with Gasteiger partial charge in [-0.3, -0.25) is 4.98 Å². The molecule has 1 aromatic heterocycles. The lowest BCUT2D eigenvalue weighted by Gasteiger charge is -2.17. The van der Waals surface area contributed by atoms with Crippen molar-refractivity contribution in [2.24, 2.45) is 0 Å². The minimum atomic E-state index is 0.415. The molecule has 0 aliphatic heterocycles. The fourth-order valence-corrected chi connectivity index (χ4v) is 2.68. The van der Waals surface area contributed by atoms with Crippen LogP contribution in [0.15, 0.2) is 47.2 Å². The molecule has 0 fully saturated rings. The van der Waals surface area contributed by atoms with E-state index in [1.807, 2.05) is 25.4 Å². The van der Waals surface area contributed by atoms with Gasteiger partial charge in [0.15, 0.2) is 0 Å². The first-order valence-corrected chi connectivity index (χ1v) is 7.35. The lowest BCUT2D eigenvalue weighted by Crippen LogP contribution is -2.19. The summed E-state index contributed by atoms with van der Waals surface area (Å²) in [5.41, 5.74) is 2.52. The van der Waals surface area contributed by atoms with Crippen molar-refractivity contribution in [1.82, 2.24) is 10.3 Å². The highest BCUT2D eigenvalue weighted by atomic mass is 79.9. The molecule has 1 unspecified atom stereocenters. The third-order valence-corrected chi connectivity index (χ3v) is 3.72. The molecule has 100 valence electrons. The number of halogens is 2. The molecule has 1 N–H and O–H groups in total. The molecule has 0 saturated carbocycles. The summed E-state index contributed by atoms with van der Waals surface area (Å²) in [6, 6.07) is 10.2. The van der Waals surface area contributed by atoms with Crippen LogP contribution in [0.3, 0.4) is 0 Å². The highest BCUT2D eigenvalue weighted by Crippen LogP contribution is 2.23. The fourth-order valence-electron chi connectivity index (χ4n) is 2.14. The largest absolute Gasteiger partial charge is 0.319 e. The monoisotopic (exact) mass is 338 g/mol. The third-order valence-electron chi connectivity index (χ3n) is 3.04. The summed E-state index contributed by atoms with van der Waals surface area (Å²) in [6.45, 7) is 0.925. The molecular weight excluding hydrogens is 324 g/mol. The molecule has 0 aliphatic carbocycles. The first-order chi connectivity index (χ1) is 9.19. The molecule has 0 amide bonds. The number of pyridine rings is 1. The molecule has 1 heterocycles. The summed E-state index contributed by atoms with van der Waals surface area (Å²) in [7, 11) is 1.97. The van der Waals surface area contributed by atoms with Crippen LogP contribution in [0.4, 0.5) is 0 Å². The summed E-state index contributed by atoms with van der Waals surface area (Å²) in [4.78, 5) is 4.22. The van der Waals surface area contributed by atoms with Gasteiger partial charge in [0.25, 0.3) is 0 Å². The van der Waals surface area contributed by atoms with E-state index in [4.69, 9.17) is 11.6 Å². The number of likely N-dealkylation sites (N-methyl/N-ethyl adjacent to an activating group) is 1. The molecule has 4 heteroatoms. The van der Waals surface area contributed by atoms with E-state index in [0.29, 0.717) is 5.92 Å². The predicted octanol–water partition coefficient (Wildman–Crippen LogP) is 4.04. The van der Waals surface area contributed by atoms with Crippen molar-refractivity contribution in [2.45, 2.75) is 12.3 Å². The van der Waals surface area contributed by atoms with Crippen LogP contribution in [-0.4, -0.2) is 18.6 Å². The van der Waals surface area contributed by atoms with Gasteiger partial charge in [0.1, 0.15) is 0 Å². The summed E-state index contributed by atoms with van der Waals surface area (Å²) in [5, 5.41) is 4.02. The second kappa shape index (κ2) is 7.04. The standard InChI is InChI=1S/C15H16BrClN2/c1-18-9-13(12-2-4-15(17)5-3-12)6-11-7-14(16)10-19-8-11/h2-5,7-8,10,13,18H,6,9H2,1H3. The van der Waals surface area contributed by atoms with Crippen molar-refractivity contribution in [1.29, 1.82) is 0 Å². The normalized spacial score (nSPS) is 12.4. The number of hydrogen-bond donors (Lipinski definition) is 1. The molecule has 0 spiro atoms. The van der Waals surface area contributed by atoms with E-state index in [0.717, 1.165) is 22.5 Å². The van der Waals surface area contributed by atoms with Gasteiger partial charge < -0.3 is 5.32 Å². The zero-order valence-electron chi connectivity index (χ0n) is 10.7. The topological polar surface area (TPSA) is 24.9 Å².